The van der Waals surface area contributed by atoms with Gasteiger partial charge in [0.25, 0.3) is 0 Å². The van der Waals surface area contributed by atoms with Crippen LogP contribution < -0.4 is 5.32 Å². The third-order valence-corrected chi connectivity index (χ3v) is 2.57. The van der Waals surface area contributed by atoms with Crippen LogP contribution >= 0.6 is 0 Å². The number of carbonyl (C=O) groups is 2. The smallest absolute Gasteiger partial charge is 0.303 e. The lowest BCUT2D eigenvalue weighted by Crippen LogP contribution is -2.38. The molecule has 0 rings (SSSR count). The predicted octanol–water partition coefficient (Wildman–Crippen LogP) is 1.56. The molecule has 0 radical (unpaired) electrons. The molecule has 0 saturated heterocycles. The van der Waals surface area contributed by atoms with Crippen molar-refractivity contribution in [3.8, 4) is 0 Å². The highest BCUT2D eigenvalue weighted by Gasteiger charge is 2.21. The summed E-state index contributed by atoms with van der Waals surface area (Å²) in [6, 6.07) is -0.00509. The zero-order valence-electron chi connectivity index (χ0n) is 11.1. The zero-order chi connectivity index (χ0) is 13.5. The molecule has 0 aromatic carbocycles. The van der Waals surface area contributed by atoms with Crippen molar-refractivity contribution < 1.29 is 19.4 Å². The fourth-order valence-electron chi connectivity index (χ4n) is 1.42. The van der Waals surface area contributed by atoms with Gasteiger partial charge in [0.15, 0.2) is 0 Å². The minimum absolute atomic E-state index is 0.00509. The van der Waals surface area contributed by atoms with E-state index in [1.165, 1.54) is 0 Å². The van der Waals surface area contributed by atoms with Gasteiger partial charge in [-0.3, -0.25) is 9.59 Å². The Balaban J connectivity index is 3.84. The number of methoxy groups -OCH3 is 1. The average Bonchev–Trinajstić information content (AvgIpc) is 2.15. The summed E-state index contributed by atoms with van der Waals surface area (Å²) in [5, 5.41) is 11.3. The number of aliphatic carboxylic acids is 1. The molecule has 1 amide bonds. The number of amides is 1. The number of ether oxygens (including phenoxy) is 1. The van der Waals surface area contributed by atoms with E-state index in [1.54, 1.807) is 7.11 Å². The number of nitrogens with one attached hydrogen (secondary N) is 1. The van der Waals surface area contributed by atoms with E-state index in [0.29, 0.717) is 19.3 Å². The van der Waals surface area contributed by atoms with Crippen LogP contribution in [-0.4, -0.2) is 35.7 Å². The molecular weight excluding hydrogens is 222 g/mol. The molecule has 0 aliphatic heterocycles. The fourth-order valence-corrected chi connectivity index (χ4v) is 1.42. The Hall–Kier alpha value is -1.10. The molecule has 0 saturated carbocycles. The van der Waals surface area contributed by atoms with Crippen molar-refractivity contribution in [2.24, 2.45) is 0 Å². The van der Waals surface area contributed by atoms with Gasteiger partial charge in [-0.05, 0) is 33.6 Å². The maximum absolute atomic E-state index is 11.6. The Labute approximate surface area is 103 Å². The molecule has 100 valence electrons. The van der Waals surface area contributed by atoms with Crippen LogP contribution in [0.1, 0.15) is 46.5 Å². The van der Waals surface area contributed by atoms with Crippen molar-refractivity contribution in [3.63, 3.8) is 0 Å². The van der Waals surface area contributed by atoms with E-state index in [1.807, 2.05) is 20.8 Å². The summed E-state index contributed by atoms with van der Waals surface area (Å²) in [5.41, 5.74) is -0.467. The largest absolute Gasteiger partial charge is 0.481 e. The van der Waals surface area contributed by atoms with Crippen molar-refractivity contribution in [3.05, 3.63) is 0 Å². The topological polar surface area (TPSA) is 75.6 Å². The van der Waals surface area contributed by atoms with E-state index >= 15 is 0 Å². The Morgan fingerprint density at radius 3 is 2.47 bits per heavy atom. The van der Waals surface area contributed by atoms with Gasteiger partial charge < -0.3 is 15.2 Å². The molecule has 0 aromatic rings. The average molecular weight is 245 g/mol. The summed E-state index contributed by atoms with van der Waals surface area (Å²) in [7, 11) is 1.57. The van der Waals surface area contributed by atoms with Crippen LogP contribution in [-0.2, 0) is 14.3 Å². The van der Waals surface area contributed by atoms with Gasteiger partial charge >= 0.3 is 5.97 Å². The van der Waals surface area contributed by atoms with Gasteiger partial charge in [0.2, 0.25) is 5.91 Å². The summed E-state index contributed by atoms with van der Waals surface area (Å²) < 4.78 is 5.16. The van der Waals surface area contributed by atoms with Crippen LogP contribution in [0.4, 0.5) is 0 Å². The van der Waals surface area contributed by atoms with Crippen LogP contribution in [0, 0.1) is 0 Å². The molecule has 5 heteroatoms. The minimum Gasteiger partial charge on any atom is -0.481 e. The van der Waals surface area contributed by atoms with Crippen LogP contribution in [0.15, 0.2) is 0 Å². The molecule has 0 spiro atoms. The van der Waals surface area contributed by atoms with Crippen molar-refractivity contribution in [1.82, 2.24) is 5.32 Å². The maximum atomic E-state index is 11.6. The molecule has 1 atom stereocenters. The van der Waals surface area contributed by atoms with Crippen LogP contribution in [0.5, 0.6) is 0 Å². The van der Waals surface area contributed by atoms with Crippen molar-refractivity contribution in [2.45, 2.75) is 58.1 Å². The summed E-state index contributed by atoms with van der Waals surface area (Å²) >= 11 is 0. The first-order chi connectivity index (χ1) is 7.76. The lowest BCUT2D eigenvalue weighted by atomic mass is 10.0. The summed E-state index contributed by atoms with van der Waals surface area (Å²) in [6.45, 7) is 5.57. The minimum atomic E-state index is -0.802. The zero-order valence-corrected chi connectivity index (χ0v) is 11.1. The van der Waals surface area contributed by atoms with E-state index in [-0.39, 0.29) is 18.4 Å². The summed E-state index contributed by atoms with van der Waals surface area (Å²) in [5.74, 6) is -0.872. The Kier molecular flexibility index (Phi) is 6.80. The van der Waals surface area contributed by atoms with Crippen LogP contribution in [0.3, 0.4) is 0 Å². The van der Waals surface area contributed by atoms with Gasteiger partial charge in [-0.2, -0.15) is 0 Å². The van der Waals surface area contributed by atoms with Gasteiger partial charge in [0, 0.05) is 19.6 Å². The number of rotatable bonds is 8. The molecule has 5 nitrogen and oxygen atoms in total. The second-order valence-electron chi connectivity index (χ2n) is 4.90. The van der Waals surface area contributed by atoms with E-state index in [2.05, 4.69) is 5.32 Å². The van der Waals surface area contributed by atoms with E-state index < -0.39 is 11.6 Å². The van der Waals surface area contributed by atoms with Crippen molar-refractivity contribution in [1.29, 1.82) is 0 Å². The van der Waals surface area contributed by atoms with E-state index in [4.69, 9.17) is 9.84 Å². The predicted molar refractivity (Wildman–Crippen MR) is 64.8 cm³/mol. The second kappa shape index (κ2) is 7.27. The second-order valence-corrected chi connectivity index (χ2v) is 4.90. The van der Waals surface area contributed by atoms with Crippen LogP contribution in [0.2, 0.25) is 0 Å². The molecular formula is C12H23NO4. The highest BCUT2D eigenvalue weighted by molar-refractivity contribution is 5.77. The molecule has 0 fully saturated rings. The number of carbonyl (C=O) groups excluding carboxylic acids is 1. The first-order valence-corrected chi connectivity index (χ1v) is 5.83. The molecule has 0 aromatic heterocycles. The van der Waals surface area contributed by atoms with Gasteiger partial charge in [-0.1, -0.05) is 0 Å². The highest BCUT2D eigenvalue weighted by atomic mass is 16.5. The summed E-state index contributed by atoms with van der Waals surface area (Å²) in [4.78, 5) is 21.9. The lowest BCUT2D eigenvalue weighted by molar-refractivity contribution is -0.137. The van der Waals surface area contributed by atoms with Gasteiger partial charge in [0.1, 0.15) is 0 Å². The fraction of sp³-hybridized carbons (Fsp3) is 0.833. The Bertz CT molecular complexity index is 263. The molecule has 17 heavy (non-hydrogen) atoms. The maximum Gasteiger partial charge on any atom is 0.303 e. The van der Waals surface area contributed by atoms with Gasteiger partial charge in [-0.25, -0.2) is 0 Å². The number of hydrogen-bond donors (Lipinski definition) is 2. The number of carboxylic acids is 1. The van der Waals surface area contributed by atoms with Crippen molar-refractivity contribution >= 4 is 11.9 Å². The number of carboxylic acid groups (broad SMARTS) is 1. The van der Waals surface area contributed by atoms with Gasteiger partial charge in [-0.15, -0.1) is 0 Å². The quantitative estimate of drug-likeness (QED) is 0.680. The third-order valence-electron chi connectivity index (χ3n) is 2.57. The molecule has 1 unspecified atom stereocenters. The molecule has 0 bridgehead atoms. The third kappa shape index (κ3) is 8.68. The normalized spacial score (nSPS) is 13.2. The monoisotopic (exact) mass is 245 g/mol. The lowest BCUT2D eigenvalue weighted by Gasteiger charge is -2.23. The Morgan fingerprint density at radius 1 is 1.41 bits per heavy atom. The van der Waals surface area contributed by atoms with E-state index in [9.17, 15) is 9.59 Å². The SMILES string of the molecule is COC(C)(C)CC(=O)NC(C)CCCC(=O)O. The molecule has 0 aliphatic rings. The van der Waals surface area contributed by atoms with Gasteiger partial charge in [0.05, 0.1) is 12.0 Å². The first kappa shape index (κ1) is 15.9. The molecule has 2 N–H and O–H groups in total. The Morgan fingerprint density at radius 2 is 2.00 bits per heavy atom. The van der Waals surface area contributed by atoms with Crippen molar-refractivity contribution in [2.75, 3.05) is 7.11 Å². The summed E-state index contributed by atoms with van der Waals surface area (Å²) in [6.07, 6.45) is 1.69. The van der Waals surface area contributed by atoms with E-state index in [0.717, 1.165) is 0 Å². The number of hydrogen-bond acceptors (Lipinski definition) is 3. The molecule has 0 aliphatic carbocycles. The standard InChI is InChI=1S/C12H23NO4/c1-9(6-5-7-11(15)16)13-10(14)8-12(2,3)17-4/h9H,5-8H2,1-4H3,(H,13,14)(H,15,16). The molecule has 0 heterocycles. The van der Waals surface area contributed by atoms with Crippen LogP contribution in [0.25, 0.3) is 0 Å². The highest BCUT2D eigenvalue weighted by Crippen LogP contribution is 2.12. The first-order valence-electron chi connectivity index (χ1n) is 5.83.